The minimum absolute atomic E-state index is 0.172. The monoisotopic (exact) mass is 302 g/mol. The van der Waals surface area contributed by atoms with Crippen LogP contribution in [0.15, 0.2) is 46.3 Å². The molecular weight excluding hydrogens is 287 g/mol. The molecule has 0 unspecified atom stereocenters. The van der Waals surface area contributed by atoms with Gasteiger partial charge in [0.15, 0.2) is 0 Å². The van der Waals surface area contributed by atoms with Crippen molar-refractivity contribution in [2.75, 3.05) is 5.73 Å². The van der Waals surface area contributed by atoms with E-state index in [9.17, 15) is 4.39 Å². The van der Waals surface area contributed by atoms with E-state index >= 15 is 0 Å². The normalized spacial score (nSPS) is 10.9. The molecule has 5 heteroatoms. The fraction of sp³-hybridized carbons (Fsp3) is 0.188. The Morgan fingerprint density at radius 3 is 2.76 bits per heavy atom. The fourth-order valence-electron chi connectivity index (χ4n) is 2.35. The van der Waals surface area contributed by atoms with Gasteiger partial charge in [0.25, 0.3) is 0 Å². The van der Waals surface area contributed by atoms with Crippen molar-refractivity contribution in [3.8, 4) is 11.1 Å². The Morgan fingerprint density at radius 2 is 2.00 bits per heavy atom. The molecular formula is C16H15FN2OS. The van der Waals surface area contributed by atoms with Gasteiger partial charge in [-0.05, 0) is 36.8 Å². The van der Waals surface area contributed by atoms with Crippen LogP contribution >= 0.6 is 11.3 Å². The number of hydrogen-bond donors (Lipinski definition) is 1. The van der Waals surface area contributed by atoms with Gasteiger partial charge in [0, 0.05) is 10.4 Å². The van der Waals surface area contributed by atoms with Crippen molar-refractivity contribution >= 4 is 17.2 Å². The fourth-order valence-corrected chi connectivity index (χ4v) is 3.10. The van der Waals surface area contributed by atoms with Gasteiger partial charge in [0.05, 0.1) is 11.3 Å². The third kappa shape index (κ3) is 2.97. The lowest BCUT2D eigenvalue weighted by atomic mass is 10.0. The molecule has 0 aliphatic heterocycles. The van der Waals surface area contributed by atoms with E-state index in [1.54, 1.807) is 29.5 Å². The second-order valence-corrected chi connectivity index (χ2v) is 5.81. The lowest BCUT2D eigenvalue weighted by molar-refractivity contribution is 0.426. The summed E-state index contributed by atoms with van der Waals surface area (Å²) in [7, 11) is 0. The zero-order valence-corrected chi connectivity index (χ0v) is 12.2. The molecule has 2 N–H and O–H groups in total. The second kappa shape index (κ2) is 6.10. The molecule has 108 valence electrons. The quantitative estimate of drug-likeness (QED) is 0.764. The third-order valence-corrected chi connectivity index (χ3v) is 4.29. The summed E-state index contributed by atoms with van der Waals surface area (Å²) in [6.07, 6.45) is 2.61. The van der Waals surface area contributed by atoms with E-state index in [4.69, 9.17) is 10.3 Å². The Morgan fingerprint density at radius 1 is 1.14 bits per heavy atom. The van der Waals surface area contributed by atoms with Crippen LogP contribution in [0.4, 0.5) is 10.3 Å². The van der Waals surface area contributed by atoms with Gasteiger partial charge in [-0.3, -0.25) is 0 Å². The van der Waals surface area contributed by atoms with Crippen LogP contribution in [0, 0.1) is 5.82 Å². The van der Waals surface area contributed by atoms with Crippen LogP contribution in [0.5, 0.6) is 0 Å². The molecule has 3 nitrogen and oxygen atoms in total. The summed E-state index contributed by atoms with van der Waals surface area (Å²) in [4.78, 5) is 1.33. The van der Waals surface area contributed by atoms with E-state index in [1.165, 1.54) is 10.9 Å². The number of halogens is 1. The summed E-state index contributed by atoms with van der Waals surface area (Å²) in [6.45, 7) is 0. The van der Waals surface area contributed by atoms with Crippen molar-refractivity contribution in [3.05, 3.63) is 58.2 Å². The third-order valence-electron chi connectivity index (χ3n) is 3.35. The maximum Gasteiger partial charge on any atom is 0.230 e. The highest BCUT2D eigenvalue weighted by Gasteiger charge is 2.18. The summed E-state index contributed by atoms with van der Waals surface area (Å²) in [5, 5.41) is 6.05. The molecule has 0 saturated heterocycles. The van der Waals surface area contributed by atoms with E-state index < -0.39 is 0 Å². The molecule has 0 fully saturated rings. The summed E-state index contributed by atoms with van der Waals surface area (Å²) in [5.74, 6) is -0.141. The number of hydrogen-bond acceptors (Lipinski definition) is 4. The van der Waals surface area contributed by atoms with Crippen LogP contribution in [-0.2, 0) is 12.8 Å². The average molecular weight is 302 g/mol. The van der Waals surface area contributed by atoms with Crippen molar-refractivity contribution in [2.45, 2.75) is 19.3 Å². The molecule has 2 heterocycles. The summed E-state index contributed by atoms with van der Waals surface area (Å²) >= 11 is 1.74. The summed E-state index contributed by atoms with van der Waals surface area (Å²) < 4.78 is 19.0. The average Bonchev–Trinajstić information content (AvgIpc) is 3.11. The highest BCUT2D eigenvalue weighted by atomic mass is 32.1. The molecule has 0 saturated carbocycles. The minimum atomic E-state index is -0.313. The number of anilines is 1. The SMILES string of the molecule is Nc1onc(CCCc2cccs2)c1-c1ccccc1F. The standard InChI is InChI=1S/C16H15FN2OS/c17-13-8-2-1-7-12(13)15-14(19-20-16(15)18)9-3-5-11-6-4-10-21-11/h1-2,4,6-8,10H,3,5,9,18H2. The van der Waals surface area contributed by atoms with Crippen LogP contribution in [0.3, 0.4) is 0 Å². The zero-order chi connectivity index (χ0) is 14.7. The Labute approximate surface area is 126 Å². The highest BCUT2D eigenvalue weighted by molar-refractivity contribution is 7.09. The van der Waals surface area contributed by atoms with E-state index in [1.807, 2.05) is 6.07 Å². The van der Waals surface area contributed by atoms with Gasteiger partial charge in [0.1, 0.15) is 5.82 Å². The topological polar surface area (TPSA) is 52.0 Å². The van der Waals surface area contributed by atoms with Crippen molar-refractivity contribution in [1.82, 2.24) is 5.16 Å². The van der Waals surface area contributed by atoms with E-state index in [2.05, 4.69) is 16.6 Å². The maximum atomic E-state index is 13.9. The first-order valence-corrected chi connectivity index (χ1v) is 7.65. The molecule has 0 bridgehead atoms. The van der Waals surface area contributed by atoms with Crippen molar-refractivity contribution < 1.29 is 8.91 Å². The molecule has 0 spiro atoms. The smallest absolute Gasteiger partial charge is 0.230 e. The van der Waals surface area contributed by atoms with Crippen molar-refractivity contribution in [2.24, 2.45) is 0 Å². The van der Waals surface area contributed by atoms with Crippen LogP contribution in [0.1, 0.15) is 17.0 Å². The predicted molar refractivity (Wildman–Crippen MR) is 82.7 cm³/mol. The highest BCUT2D eigenvalue weighted by Crippen LogP contribution is 2.32. The van der Waals surface area contributed by atoms with Gasteiger partial charge in [0.2, 0.25) is 5.88 Å². The number of nitrogens with two attached hydrogens (primary N) is 1. The first-order chi connectivity index (χ1) is 10.3. The minimum Gasteiger partial charge on any atom is -0.367 e. The van der Waals surface area contributed by atoms with Crippen molar-refractivity contribution in [1.29, 1.82) is 0 Å². The molecule has 2 aromatic heterocycles. The molecule has 0 atom stereocenters. The number of nitrogen functional groups attached to an aromatic ring is 1. The van der Waals surface area contributed by atoms with E-state index in [-0.39, 0.29) is 11.7 Å². The first-order valence-electron chi connectivity index (χ1n) is 6.77. The van der Waals surface area contributed by atoms with Crippen molar-refractivity contribution in [3.63, 3.8) is 0 Å². The Bertz CT molecular complexity index is 722. The van der Waals surface area contributed by atoms with Crippen LogP contribution < -0.4 is 5.73 Å². The molecule has 3 aromatic rings. The number of nitrogens with zero attached hydrogens (tertiary/aromatic N) is 1. The predicted octanol–water partition coefficient (Wildman–Crippen LogP) is 4.30. The summed E-state index contributed by atoms with van der Waals surface area (Å²) in [5.41, 5.74) is 7.56. The Kier molecular flexibility index (Phi) is 4.01. The maximum absolute atomic E-state index is 13.9. The number of rotatable bonds is 5. The molecule has 0 aliphatic carbocycles. The molecule has 0 radical (unpaired) electrons. The molecule has 21 heavy (non-hydrogen) atoms. The van der Waals surface area contributed by atoms with Crippen LogP contribution in [-0.4, -0.2) is 5.16 Å². The molecule has 1 aromatic carbocycles. The first kappa shape index (κ1) is 13.8. The van der Waals surface area contributed by atoms with Gasteiger partial charge < -0.3 is 10.3 Å². The number of aryl methyl sites for hydroxylation is 2. The van der Waals surface area contributed by atoms with Crippen LogP contribution in [0.2, 0.25) is 0 Å². The van der Waals surface area contributed by atoms with Gasteiger partial charge in [-0.1, -0.05) is 29.4 Å². The molecule has 3 rings (SSSR count). The van der Waals surface area contributed by atoms with Crippen LogP contribution in [0.25, 0.3) is 11.1 Å². The number of thiophene rings is 1. The van der Waals surface area contributed by atoms with Gasteiger partial charge in [-0.2, -0.15) is 0 Å². The Balaban J connectivity index is 1.79. The lowest BCUT2D eigenvalue weighted by Gasteiger charge is -2.03. The molecule has 0 aliphatic rings. The van der Waals surface area contributed by atoms with E-state index in [0.717, 1.165) is 12.8 Å². The number of aromatic nitrogens is 1. The lowest BCUT2D eigenvalue weighted by Crippen LogP contribution is -1.95. The van der Waals surface area contributed by atoms with Gasteiger partial charge >= 0.3 is 0 Å². The Hall–Kier alpha value is -2.14. The number of benzene rings is 1. The van der Waals surface area contributed by atoms with Gasteiger partial charge in [-0.25, -0.2) is 4.39 Å². The second-order valence-electron chi connectivity index (χ2n) is 4.78. The zero-order valence-electron chi connectivity index (χ0n) is 11.4. The largest absolute Gasteiger partial charge is 0.367 e. The molecule has 0 amide bonds. The van der Waals surface area contributed by atoms with E-state index in [0.29, 0.717) is 23.2 Å². The summed E-state index contributed by atoms with van der Waals surface area (Å²) in [6, 6.07) is 10.7. The van der Waals surface area contributed by atoms with Gasteiger partial charge in [-0.15, -0.1) is 11.3 Å².